The van der Waals surface area contributed by atoms with E-state index in [-0.39, 0.29) is 11.2 Å². The third-order valence-corrected chi connectivity index (χ3v) is 6.80. The van der Waals surface area contributed by atoms with Gasteiger partial charge in [0.05, 0.1) is 5.25 Å². The number of allylic oxidation sites excluding steroid dienone is 1. The van der Waals surface area contributed by atoms with E-state index in [1.54, 1.807) is 11.8 Å². The van der Waals surface area contributed by atoms with Gasteiger partial charge in [-0.25, -0.2) is 8.42 Å². The van der Waals surface area contributed by atoms with E-state index in [2.05, 4.69) is 0 Å². The average molecular weight is 266 g/mol. The molecule has 90 valence electrons. The van der Waals surface area contributed by atoms with Crippen molar-refractivity contribution in [1.82, 2.24) is 0 Å². The van der Waals surface area contributed by atoms with Crippen molar-refractivity contribution in [2.75, 3.05) is 0 Å². The fraction of sp³-hybridized carbons (Fsp3) is 0.385. The molecule has 0 spiro atoms. The molecule has 1 aromatic carbocycles. The van der Waals surface area contributed by atoms with Gasteiger partial charge in [0.1, 0.15) is 0 Å². The molecule has 4 heteroatoms. The first-order valence-corrected chi connectivity index (χ1v) is 8.28. The van der Waals surface area contributed by atoms with E-state index < -0.39 is 9.84 Å². The lowest BCUT2D eigenvalue weighted by Crippen LogP contribution is -2.17. The van der Waals surface area contributed by atoms with Crippen molar-refractivity contribution in [1.29, 1.82) is 0 Å². The fourth-order valence-corrected chi connectivity index (χ4v) is 6.29. The van der Waals surface area contributed by atoms with Crippen molar-refractivity contribution in [2.45, 2.75) is 29.4 Å². The molecule has 2 nitrogen and oxygen atoms in total. The van der Waals surface area contributed by atoms with Crippen molar-refractivity contribution in [3.05, 3.63) is 40.6 Å². The van der Waals surface area contributed by atoms with Crippen LogP contribution in [0.15, 0.2) is 45.5 Å². The number of sulfone groups is 1. The molecule has 0 N–H and O–H groups in total. The first kappa shape index (κ1) is 11.4. The van der Waals surface area contributed by atoms with Crippen molar-refractivity contribution in [3.63, 3.8) is 0 Å². The Morgan fingerprint density at radius 1 is 1.12 bits per heavy atom. The lowest BCUT2D eigenvalue weighted by Gasteiger charge is -2.11. The number of benzene rings is 1. The summed E-state index contributed by atoms with van der Waals surface area (Å²) in [6.07, 6.45) is 2.90. The molecule has 17 heavy (non-hydrogen) atoms. The highest BCUT2D eigenvalue weighted by Crippen LogP contribution is 2.48. The monoisotopic (exact) mass is 266 g/mol. The van der Waals surface area contributed by atoms with E-state index in [1.807, 2.05) is 30.3 Å². The second-order valence-corrected chi connectivity index (χ2v) is 7.77. The molecule has 0 aromatic heterocycles. The highest BCUT2D eigenvalue weighted by molar-refractivity contribution is 8.05. The van der Waals surface area contributed by atoms with Gasteiger partial charge in [-0.15, -0.1) is 0 Å². The van der Waals surface area contributed by atoms with Crippen molar-refractivity contribution >= 4 is 21.6 Å². The average Bonchev–Trinajstić information content (AvgIpc) is 2.85. The van der Waals surface area contributed by atoms with Gasteiger partial charge in [0, 0.05) is 21.1 Å². The maximum Gasteiger partial charge on any atom is 0.175 e. The van der Waals surface area contributed by atoms with Crippen LogP contribution in [0.1, 0.15) is 19.3 Å². The molecule has 1 aliphatic heterocycles. The van der Waals surface area contributed by atoms with Crippen molar-refractivity contribution in [3.8, 4) is 0 Å². The normalized spacial score (nSPS) is 30.0. The third kappa shape index (κ3) is 2.04. The van der Waals surface area contributed by atoms with Gasteiger partial charge in [-0.1, -0.05) is 36.4 Å². The maximum absolute atomic E-state index is 12.0. The summed E-state index contributed by atoms with van der Waals surface area (Å²) in [7, 11) is -2.98. The van der Waals surface area contributed by atoms with Crippen LogP contribution in [0.2, 0.25) is 0 Å². The molecule has 1 aliphatic carbocycles. The number of rotatable bonds is 2. The van der Waals surface area contributed by atoms with Gasteiger partial charge < -0.3 is 0 Å². The topological polar surface area (TPSA) is 34.1 Å². The Balaban J connectivity index is 1.89. The van der Waals surface area contributed by atoms with Crippen LogP contribution < -0.4 is 0 Å². The molecule has 1 fully saturated rings. The minimum atomic E-state index is -2.98. The highest BCUT2D eigenvalue weighted by atomic mass is 32.2. The quantitative estimate of drug-likeness (QED) is 0.824. The molecular weight excluding hydrogens is 252 g/mol. The predicted molar refractivity (Wildman–Crippen MR) is 70.4 cm³/mol. The van der Waals surface area contributed by atoms with E-state index in [1.165, 1.54) is 5.41 Å². The number of hydrogen-bond donors (Lipinski definition) is 0. The summed E-state index contributed by atoms with van der Waals surface area (Å²) in [5.41, 5.74) is 0. The minimum absolute atomic E-state index is 0.131. The van der Waals surface area contributed by atoms with Crippen LogP contribution in [0.5, 0.6) is 0 Å². The Morgan fingerprint density at radius 2 is 1.88 bits per heavy atom. The Labute approximate surface area is 106 Å². The second-order valence-electron chi connectivity index (χ2n) is 4.60. The van der Waals surface area contributed by atoms with Gasteiger partial charge in [-0.2, -0.15) is 0 Å². The summed E-state index contributed by atoms with van der Waals surface area (Å²) in [5, 5.41) is 1.38. The summed E-state index contributed by atoms with van der Waals surface area (Å²) in [6, 6.07) is 10.00. The highest BCUT2D eigenvalue weighted by Gasteiger charge is 2.44. The van der Waals surface area contributed by atoms with Gasteiger partial charge in [0.2, 0.25) is 0 Å². The minimum Gasteiger partial charge on any atom is -0.224 e. The third-order valence-electron chi connectivity index (χ3n) is 3.50. The van der Waals surface area contributed by atoms with Crippen LogP contribution in [0.25, 0.3) is 0 Å². The summed E-state index contributed by atoms with van der Waals surface area (Å²) in [4.78, 5) is 2.17. The van der Waals surface area contributed by atoms with E-state index in [0.29, 0.717) is 0 Å². The van der Waals surface area contributed by atoms with Gasteiger partial charge in [-0.3, -0.25) is 0 Å². The lowest BCUT2D eigenvalue weighted by atomic mass is 10.1. The van der Waals surface area contributed by atoms with E-state index in [0.717, 1.165) is 29.1 Å². The molecule has 1 saturated carbocycles. The zero-order valence-corrected chi connectivity index (χ0v) is 11.0. The fourth-order valence-electron chi connectivity index (χ4n) is 2.71. The Kier molecular flexibility index (Phi) is 2.79. The van der Waals surface area contributed by atoms with Gasteiger partial charge in [-0.05, 0) is 25.0 Å². The van der Waals surface area contributed by atoms with Crippen LogP contribution in [0.3, 0.4) is 0 Å². The molecule has 1 aromatic rings. The molecule has 2 aliphatic rings. The Bertz CT molecular complexity index is 546. The van der Waals surface area contributed by atoms with Crippen LogP contribution in [-0.4, -0.2) is 13.7 Å². The molecule has 0 amide bonds. The molecular formula is C13H14O2S2. The first-order chi connectivity index (χ1) is 8.17. The maximum atomic E-state index is 12.0. The Hall–Kier alpha value is -0.740. The van der Waals surface area contributed by atoms with Crippen LogP contribution in [0, 0.1) is 5.92 Å². The smallest absolute Gasteiger partial charge is 0.175 e. The molecule has 2 atom stereocenters. The molecule has 1 heterocycles. The molecule has 0 radical (unpaired) electrons. The molecule has 0 bridgehead atoms. The number of fused-ring (bicyclic) bond motifs is 1. The van der Waals surface area contributed by atoms with Gasteiger partial charge in [0.15, 0.2) is 9.84 Å². The SMILES string of the molecule is O=S1(=O)C=C(Sc2ccccc2)[C@@H]2CCC[C@@H]21. The zero-order chi connectivity index (χ0) is 11.9. The molecule has 3 rings (SSSR count). The standard InChI is InChI=1S/C13H14O2S2/c14-17(15)9-12(11-7-4-8-13(11)17)16-10-5-2-1-3-6-10/h1-3,5-6,9,11,13H,4,7-8H2/t11-,13-/m0/s1. The summed E-state index contributed by atoms with van der Waals surface area (Å²) in [6.45, 7) is 0. The van der Waals surface area contributed by atoms with Crippen molar-refractivity contribution < 1.29 is 8.42 Å². The summed E-state index contributed by atoms with van der Waals surface area (Å²) >= 11 is 1.61. The summed E-state index contributed by atoms with van der Waals surface area (Å²) < 4.78 is 23.9. The van der Waals surface area contributed by atoms with Crippen molar-refractivity contribution in [2.24, 2.45) is 5.92 Å². The number of hydrogen-bond acceptors (Lipinski definition) is 3. The zero-order valence-electron chi connectivity index (χ0n) is 9.37. The van der Waals surface area contributed by atoms with Crippen LogP contribution >= 0.6 is 11.8 Å². The summed E-state index contributed by atoms with van der Waals surface area (Å²) in [5.74, 6) is 0.255. The first-order valence-electron chi connectivity index (χ1n) is 5.85. The van der Waals surface area contributed by atoms with Gasteiger partial charge >= 0.3 is 0 Å². The van der Waals surface area contributed by atoms with Gasteiger partial charge in [0.25, 0.3) is 0 Å². The van der Waals surface area contributed by atoms with E-state index >= 15 is 0 Å². The molecule has 0 unspecified atom stereocenters. The predicted octanol–water partition coefficient (Wildman–Crippen LogP) is 3.22. The van der Waals surface area contributed by atoms with Crippen LogP contribution in [-0.2, 0) is 9.84 Å². The second kappa shape index (κ2) is 4.18. The lowest BCUT2D eigenvalue weighted by molar-refractivity contribution is 0.579. The number of thioether (sulfide) groups is 1. The van der Waals surface area contributed by atoms with E-state index in [4.69, 9.17) is 0 Å². The van der Waals surface area contributed by atoms with E-state index in [9.17, 15) is 8.42 Å². The largest absolute Gasteiger partial charge is 0.224 e. The van der Waals surface area contributed by atoms with Crippen LogP contribution in [0.4, 0.5) is 0 Å². The molecule has 0 saturated heterocycles. The Morgan fingerprint density at radius 3 is 2.65 bits per heavy atom.